The summed E-state index contributed by atoms with van der Waals surface area (Å²) in [5, 5.41) is 0. The van der Waals surface area contributed by atoms with Crippen LogP contribution in [-0.4, -0.2) is 40.3 Å². The minimum atomic E-state index is 0. The van der Waals surface area contributed by atoms with Crippen molar-refractivity contribution >= 4 is 24.1 Å². The van der Waals surface area contributed by atoms with Gasteiger partial charge >= 0.3 is 0 Å². The van der Waals surface area contributed by atoms with Gasteiger partial charge in [0.15, 0.2) is 5.78 Å². The third-order valence-electron chi connectivity index (χ3n) is 6.26. The average Bonchev–Trinajstić information content (AvgIpc) is 2.96. The number of nitrogens with two attached hydrogens (primary N) is 1. The molecular formula is C23H30ClN3O2. The summed E-state index contributed by atoms with van der Waals surface area (Å²) in [7, 11) is 0. The van der Waals surface area contributed by atoms with Gasteiger partial charge in [-0.3, -0.25) is 9.59 Å². The summed E-state index contributed by atoms with van der Waals surface area (Å²) in [6.45, 7) is 4.25. The smallest absolute Gasteiger partial charge is 0.227 e. The summed E-state index contributed by atoms with van der Waals surface area (Å²) >= 11 is 0. The number of aromatic nitrogens is 1. The van der Waals surface area contributed by atoms with Gasteiger partial charge in [-0.2, -0.15) is 0 Å². The molecule has 2 heterocycles. The van der Waals surface area contributed by atoms with E-state index in [9.17, 15) is 9.59 Å². The number of piperidine rings is 1. The molecule has 1 aromatic heterocycles. The zero-order valence-corrected chi connectivity index (χ0v) is 17.8. The topological polar surface area (TPSA) is 68.3 Å². The van der Waals surface area contributed by atoms with E-state index in [1.807, 2.05) is 23.1 Å². The zero-order valence-electron chi connectivity index (χ0n) is 17.0. The lowest BCUT2D eigenvalue weighted by molar-refractivity contribution is -0.131. The van der Waals surface area contributed by atoms with Crippen molar-refractivity contribution in [3.05, 3.63) is 58.4 Å². The Morgan fingerprint density at radius 2 is 1.83 bits per heavy atom. The molecule has 1 saturated heterocycles. The van der Waals surface area contributed by atoms with Crippen LogP contribution in [-0.2, 0) is 24.2 Å². The molecule has 1 amide bonds. The second-order valence-corrected chi connectivity index (χ2v) is 8.13. The highest BCUT2D eigenvalue weighted by molar-refractivity contribution is 6.01. The predicted molar refractivity (Wildman–Crippen MR) is 117 cm³/mol. The minimum Gasteiger partial charge on any atom is -0.343 e. The SMILES string of the molecule is Cc1c(CC(=O)N2CCC(N)CC2)c2c(n1Cc1ccccc1)CCCC2=O.Cl. The van der Waals surface area contributed by atoms with Crippen molar-refractivity contribution in [3.63, 3.8) is 0 Å². The van der Waals surface area contributed by atoms with Gasteiger partial charge in [0, 0.05) is 49.0 Å². The largest absolute Gasteiger partial charge is 0.343 e. The number of hydrogen-bond donors (Lipinski definition) is 1. The molecule has 2 N–H and O–H groups in total. The molecule has 1 aliphatic heterocycles. The van der Waals surface area contributed by atoms with Crippen molar-refractivity contribution in [2.75, 3.05) is 13.1 Å². The molecule has 29 heavy (non-hydrogen) atoms. The number of carbonyl (C=O) groups excluding carboxylic acids is 2. The second kappa shape index (κ2) is 9.14. The summed E-state index contributed by atoms with van der Waals surface area (Å²) in [6.07, 6.45) is 4.41. The van der Waals surface area contributed by atoms with Gasteiger partial charge in [0.05, 0.1) is 6.42 Å². The Hall–Kier alpha value is -2.11. The van der Waals surface area contributed by atoms with Crippen molar-refractivity contribution in [2.24, 2.45) is 5.73 Å². The van der Waals surface area contributed by atoms with Crippen LogP contribution in [0.5, 0.6) is 0 Å². The monoisotopic (exact) mass is 415 g/mol. The molecule has 0 bridgehead atoms. The Bertz CT molecular complexity index is 883. The third-order valence-corrected chi connectivity index (χ3v) is 6.26. The van der Waals surface area contributed by atoms with E-state index in [4.69, 9.17) is 5.73 Å². The van der Waals surface area contributed by atoms with Gasteiger partial charge in [-0.25, -0.2) is 0 Å². The van der Waals surface area contributed by atoms with Crippen molar-refractivity contribution < 1.29 is 9.59 Å². The fourth-order valence-electron chi connectivity index (χ4n) is 4.59. The predicted octanol–water partition coefficient (Wildman–Crippen LogP) is 3.28. The lowest BCUT2D eigenvalue weighted by atomic mass is 9.91. The van der Waals surface area contributed by atoms with E-state index in [0.29, 0.717) is 12.8 Å². The van der Waals surface area contributed by atoms with Crippen LogP contribution in [0.2, 0.25) is 0 Å². The molecule has 1 aromatic carbocycles. The minimum absolute atomic E-state index is 0. The third kappa shape index (κ3) is 4.41. The van der Waals surface area contributed by atoms with Crippen LogP contribution in [0, 0.1) is 6.92 Å². The number of nitrogens with zero attached hydrogens (tertiary/aromatic N) is 2. The molecule has 2 aliphatic rings. The Morgan fingerprint density at radius 3 is 2.52 bits per heavy atom. The number of benzene rings is 1. The highest BCUT2D eigenvalue weighted by Gasteiger charge is 2.30. The molecule has 4 rings (SSSR count). The molecule has 156 valence electrons. The van der Waals surface area contributed by atoms with Crippen molar-refractivity contribution in [3.8, 4) is 0 Å². The van der Waals surface area contributed by atoms with Crippen LogP contribution in [0.3, 0.4) is 0 Å². The van der Waals surface area contributed by atoms with E-state index in [0.717, 1.165) is 67.8 Å². The number of amides is 1. The number of hydrogen-bond acceptors (Lipinski definition) is 3. The van der Waals surface area contributed by atoms with Gasteiger partial charge in [0.1, 0.15) is 0 Å². The Morgan fingerprint density at radius 1 is 1.14 bits per heavy atom. The first kappa shape index (κ1) is 21.6. The standard InChI is InChI=1S/C23H29N3O2.ClH/c1-16-19(14-22(28)25-12-10-18(24)11-13-25)23-20(8-5-9-21(23)27)26(16)15-17-6-3-2-4-7-17;/h2-4,6-7,18H,5,8-15,24H2,1H3;1H. The average molecular weight is 416 g/mol. The molecule has 5 nitrogen and oxygen atoms in total. The maximum absolute atomic E-state index is 13.0. The van der Waals surface area contributed by atoms with Crippen molar-refractivity contribution in [1.29, 1.82) is 0 Å². The van der Waals surface area contributed by atoms with E-state index in [-0.39, 0.29) is 30.1 Å². The van der Waals surface area contributed by atoms with E-state index >= 15 is 0 Å². The second-order valence-electron chi connectivity index (χ2n) is 8.13. The number of ketones is 1. The summed E-state index contributed by atoms with van der Waals surface area (Å²) in [5.41, 5.74) is 11.1. The maximum Gasteiger partial charge on any atom is 0.227 e. The van der Waals surface area contributed by atoms with E-state index < -0.39 is 0 Å². The van der Waals surface area contributed by atoms with Crippen LogP contribution in [0.4, 0.5) is 0 Å². The van der Waals surface area contributed by atoms with Crippen LogP contribution in [0.15, 0.2) is 30.3 Å². The normalized spacial score (nSPS) is 17.0. The Balaban J connectivity index is 0.00000240. The van der Waals surface area contributed by atoms with Gasteiger partial charge in [-0.15, -0.1) is 12.4 Å². The first-order chi connectivity index (χ1) is 13.5. The number of fused-ring (bicyclic) bond motifs is 1. The van der Waals surface area contributed by atoms with E-state index in [1.165, 1.54) is 5.56 Å². The lowest BCUT2D eigenvalue weighted by Gasteiger charge is -2.30. The van der Waals surface area contributed by atoms with E-state index in [1.54, 1.807) is 0 Å². The van der Waals surface area contributed by atoms with Gasteiger partial charge in [-0.05, 0) is 43.7 Å². The van der Waals surface area contributed by atoms with Crippen LogP contribution in [0.25, 0.3) is 0 Å². The Labute approximate surface area is 178 Å². The van der Waals surface area contributed by atoms with Gasteiger partial charge < -0.3 is 15.2 Å². The number of carbonyl (C=O) groups is 2. The van der Waals surface area contributed by atoms with Crippen molar-refractivity contribution in [2.45, 2.75) is 58.0 Å². The van der Waals surface area contributed by atoms with E-state index in [2.05, 4.69) is 23.6 Å². The molecular weight excluding hydrogens is 386 g/mol. The first-order valence-corrected chi connectivity index (χ1v) is 10.4. The molecule has 1 aliphatic carbocycles. The summed E-state index contributed by atoms with van der Waals surface area (Å²) in [5.74, 6) is 0.313. The summed E-state index contributed by atoms with van der Waals surface area (Å²) in [4.78, 5) is 27.6. The molecule has 0 spiro atoms. The fraction of sp³-hybridized carbons (Fsp3) is 0.478. The zero-order chi connectivity index (χ0) is 19.7. The number of likely N-dealkylation sites (tertiary alicyclic amines) is 1. The number of rotatable bonds is 4. The lowest BCUT2D eigenvalue weighted by Crippen LogP contribution is -2.43. The quantitative estimate of drug-likeness (QED) is 0.833. The number of halogens is 1. The molecule has 0 unspecified atom stereocenters. The van der Waals surface area contributed by atoms with Gasteiger partial charge in [0.2, 0.25) is 5.91 Å². The van der Waals surface area contributed by atoms with Crippen LogP contribution >= 0.6 is 12.4 Å². The van der Waals surface area contributed by atoms with Gasteiger partial charge in [-0.1, -0.05) is 30.3 Å². The summed E-state index contributed by atoms with van der Waals surface area (Å²) < 4.78 is 2.26. The molecule has 1 fully saturated rings. The Kier molecular flexibility index (Phi) is 6.81. The molecule has 0 saturated carbocycles. The highest BCUT2D eigenvalue weighted by atomic mass is 35.5. The van der Waals surface area contributed by atoms with Crippen molar-refractivity contribution in [1.82, 2.24) is 9.47 Å². The van der Waals surface area contributed by atoms with Crippen LogP contribution < -0.4 is 5.73 Å². The molecule has 2 aromatic rings. The molecule has 0 radical (unpaired) electrons. The molecule has 6 heteroatoms. The van der Waals surface area contributed by atoms with Crippen LogP contribution in [0.1, 0.15) is 58.6 Å². The van der Waals surface area contributed by atoms with Gasteiger partial charge in [0.25, 0.3) is 0 Å². The fourth-order valence-corrected chi connectivity index (χ4v) is 4.59. The number of Topliss-reactive ketones (excluding diaryl/α,β-unsaturated/α-hetero) is 1. The highest BCUT2D eigenvalue weighted by Crippen LogP contribution is 2.31. The first-order valence-electron chi connectivity index (χ1n) is 10.4. The summed E-state index contributed by atoms with van der Waals surface area (Å²) in [6, 6.07) is 10.5. The molecule has 0 atom stereocenters. The maximum atomic E-state index is 13.0.